The van der Waals surface area contributed by atoms with E-state index in [4.69, 9.17) is 26.1 Å². The first-order valence-electron chi connectivity index (χ1n) is 10.9. The molecule has 4 rings (SSSR count). The number of halogens is 1. The Kier molecular flexibility index (Phi) is 7.47. The van der Waals surface area contributed by atoms with Crippen molar-refractivity contribution in [2.45, 2.75) is 19.4 Å². The van der Waals surface area contributed by atoms with Crippen molar-refractivity contribution in [3.05, 3.63) is 89.2 Å². The van der Waals surface area contributed by atoms with Crippen molar-refractivity contribution in [2.75, 3.05) is 20.3 Å². The zero-order valence-electron chi connectivity index (χ0n) is 18.5. The van der Waals surface area contributed by atoms with Crippen molar-refractivity contribution >= 4 is 28.5 Å². The smallest absolute Gasteiger partial charge is 0.252 e. The van der Waals surface area contributed by atoms with Gasteiger partial charge in [-0.25, -0.2) is 4.98 Å². The van der Waals surface area contributed by atoms with Gasteiger partial charge >= 0.3 is 0 Å². The summed E-state index contributed by atoms with van der Waals surface area (Å²) in [7, 11) is 1.64. The zero-order valence-corrected chi connectivity index (χ0v) is 19.2. The Morgan fingerprint density at radius 1 is 1.03 bits per heavy atom. The first kappa shape index (κ1) is 22.7. The van der Waals surface area contributed by atoms with Gasteiger partial charge in [-0.05, 0) is 42.8 Å². The number of imidazole rings is 1. The molecule has 3 aromatic carbocycles. The number of methoxy groups -OCH3 is 1. The molecule has 1 heterocycles. The second-order valence-corrected chi connectivity index (χ2v) is 7.94. The van der Waals surface area contributed by atoms with Crippen LogP contribution < -0.4 is 14.8 Å². The molecule has 0 aliphatic carbocycles. The van der Waals surface area contributed by atoms with Crippen LogP contribution in [0.5, 0.6) is 11.5 Å². The fourth-order valence-electron chi connectivity index (χ4n) is 3.70. The molecule has 1 N–H and O–H groups in total. The van der Waals surface area contributed by atoms with Crippen LogP contribution in [-0.2, 0) is 13.0 Å². The third-order valence-electron chi connectivity index (χ3n) is 5.32. The van der Waals surface area contributed by atoms with Gasteiger partial charge in [0.1, 0.15) is 17.3 Å². The Morgan fingerprint density at radius 3 is 2.67 bits per heavy atom. The lowest BCUT2D eigenvalue weighted by atomic mass is 10.2. The van der Waals surface area contributed by atoms with Gasteiger partial charge in [0, 0.05) is 25.6 Å². The lowest BCUT2D eigenvalue weighted by Gasteiger charge is -2.12. The minimum Gasteiger partial charge on any atom is -0.497 e. The van der Waals surface area contributed by atoms with Gasteiger partial charge < -0.3 is 19.4 Å². The summed E-state index contributed by atoms with van der Waals surface area (Å²) in [5, 5.41) is 3.39. The standard InChI is InChI=1S/C26H26ClN3O3/c1-32-19-8-6-9-20(18-19)33-17-7-16-30-24-13-5-4-12-23(24)29-25(30)14-15-28-26(31)21-10-2-3-11-22(21)27/h2-6,8-13,18H,7,14-17H2,1H3,(H,28,31). The van der Waals surface area contributed by atoms with Crippen molar-refractivity contribution in [1.82, 2.24) is 14.9 Å². The van der Waals surface area contributed by atoms with E-state index in [1.165, 1.54) is 0 Å². The number of hydrogen-bond acceptors (Lipinski definition) is 4. The van der Waals surface area contributed by atoms with Crippen LogP contribution in [0.3, 0.4) is 0 Å². The van der Waals surface area contributed by atoms with Gasteiger partial charge in [-0.15, -0.1) is 0 Å². The number of nitrogens with zero attached hydrogens (tertiary/aromatic N) is 2. The molecule has 0 atom stereocenters. The first-order valence-corrected chi connectivity index (χ1v) is 11.3. The van der Waals surface area contributed by atoms with Crippen LogP contribution in [0.25, 0.3) is 11.0 Å². The van der Waals surface area contributed by atoms with Crippen LogP contribution in [0.1, 0.15) is 22.6 Å². The molecule has 0 aliphatic rings. The predicted molar refractivity (Wildman–Crippen MR) is 130 cm³/mol. The number of hydrogen-bond donors (Lipinski definition) is 1. The average molecular weight is 464 g/mol. The van der Waals surface area contributed by atoms with Crippen LogP contribution in [0.4, 0.5) is 0 Å². The summed E-state index contributed by atoms with van der Waals surface area (Å²) in [6.07, 6.45) is 1.43. The molecule has 0 unspecified atom stereocenters. The Hall–Kier alpha value is -3.51. The lowest BCUT2D eigenvalue weighted by molar-refractivity contribution is 0.0954. The number of amides is 1. The van der Waals surface area contributed by atoms with Crippen molar-refractivity contribution in [3.63, 3.8) is 0 Å². The molecule has 6 nitrogen and oxygen atoms in total. The SMILES string of the molecule is COc1cccc(OCCCn2c(CCNC(=O)c3ccccc3Cl)nc3ccccc32)c1. The lowest BCUT2D eigenvalue weighted by Crippen LogP contribution is -2.26. The zero-order chi connectivity index (χ0) is 23.0. The van der Waals surface area contributed by atoms with E-state index in [2.05, 4.69) is 16.0 Å². The normalized spacial score (nSPS) is 10.8. The van der Waals surface area contributed by atoms with Gasteiger partial charge in [0.15, 0.2) is 0 Å². The highest BCUT2D eigenvalue weighted by Crippen LogP contribution is 2.20. The highest BCUT2D eigenvalue weighted by atomic mass is 35.5. The molecule has 1 amide bonds. The highest BCUT2D eigenvalue weighted by Gasteiger charge is 2.13. The maximum absolute atomic E-state index is 12.5. The number of aromatic nitrogens is 2. The molecular weight excluding hydrogens is 438 g/mol. The number of fused-ring (bicyclic) bond motifs is 1. The van der Waals surface area contributed by atoms with E-state index in [9.17, 15) is 4.79 Å². The van der Waals surface area contributed by atoms with Crippen molar-refractivity contribution < 1.29 is 14.3 Å². The molecule has 0 aliphatic heterocycles. The van der Waals surface area contributed by atoms with Gasteiger partial charge in [0.2, 0.25) is 0 Å². The van der Waals surface area contributed by atoms with E-state index in [0.29, 0.717) is 30.2 Å². The molecule has 33 heavy (non-hydrogen) atoms. The molecule has 0 radical (unpaired) electrons. The summed E-state index contributed by atoms with van der Waals surface area (Å²) >= 11 is 6.13. The number of carbonyl (C=O) groups is 1. The Balaban J connectivity index is 1.38. The number of aryl methyl sites for hydroxylation is 1. The third kappa shape index (κ3) is 5.65. The van der Waals surface area contributed by atoms with E-state index in [0.717, 1.165) is 41.3 Å². The van der Waals surface area contributed by atoms with Gasteiger partial charge in [-0.3, -0.25) is 4.79 Å². The van der Waals surface area contributed by atoms with Gasteiger partial charge in [0.25, 0.3) is 5.91 Å². The number of nitrogens with one attached hydrogen (secondary N) is 1. The molecule has 1 aromatic heterocycles. The van der Waals surface area contributed by atoms with Crippen LogP contribution in [0.2, 0.25) is 5.02 Å². The van der Waals surface area contributed by atoms with Gasteiger partial charge in [0.05, 0.1) is 35.3 Å². The summed E-state index contributed by atoms with van der Waals surface area (Å²) in [5.41, 5.74) is 2.49. The molecule has 7 heteroatoms. The summed E-state index contributed by atoms with van der Waals surface area (Å²) in [4.78, 5) is 17.2. The number of para-hydroxylation sites is 2. The second kappa shape index (κ2) is 10.9. The summed E-state index contributed by atoms with van der Waals surface area (Å²) in [6.45, 7) is 1.80. The van der Waals surface area contributed by atoms with E-state index in [-0.39, 0.29) is 5.91 Å². The van der Waals surface area contributed by atoms with Crippen LogP contribution in [-0.4, -0.2) is 35.7 Å². The fourth-order valence-corrected chi connectivity index (χ4v) is 3.92. The van der Waals surface area contributed by atoms with E-state index in [1.54, 1.807) is 31.4 Å². The summed E-state index contributed by atoms with van der Waals surface area (Å²) in [5.74, 6) is 2.30. The quantitative estimate of drug-likeness (QED) is 0.331. The molecule has 0 saturated carbocycles. The van der Waals surface area contributed by atoms with E-state index in [1.807, 2.05) is 42.5 Å². The molecule has 4 aromatic rings. The van der Waals surface area contributed by atoms with Crippen molar-refractivity contribution in [2.24, 2.45) is 0 Å². The minimum atomic E-state index is -0.185. The van der Waals surface area contributed by atoms with Gasteiger partial charge in [-0.2, -0.15) is 0 Å². The molecule has 0 spiro atoms. The fraction of sp³-hybridized carbons (Fsp3) is 0.231. The van der Waals surface area contributed by atoms with Crippen molar-refractivity contribution in [1.29, 1.82) is 0 Å². The Labute approximate surface area is 198 Å². The third-order valence-corrected chi connectivity index (χ3v) is 5.65. The maximum atomic E-state index is 12.5. The monoisotopic (exact) mass is 463 g/mol. The van der Waals surface area contributed by atoms with Crippen LogP contribution in [0.15, 0.2) is 72.8 Å². The number of benzene rings is 3. The minimum absolute atomic E-state index is 0.185. The van der Waals surface area contributed by atoms with Gasteiger partial charge in [-0.1, -0.05) is 41.9 Å². The topological polar surface area (TPSA) is 65.4 Å². The largest absolute Gasteiger partial charge is 0.497 e. The maximum Gasteiger partial charge on any atom is 0.252 e. The number of carbonyl (C=O) groups excluding carboxylic acids is 1. The van der Waals surface area contributed by atoms with E-state index < -0.39 is 0 Å². The average Bonchev–Trinajstić information content (AvgIpc) is 3.19. The second-order valence-electron chi connectivity index (χ2n) is 7.54. The summed E-state index contributed by atoms with van der Waals surface area (Å²) < 4.78 is 13.3. The molecule has 170 valence electrons. The Bertz CT molecular complexity index is 1240. The molecule has 0 fully saturated rings. The number of ether oxygens (including phenoxy) is 2. The Morgan fingerprint density at radius 2 is 1.82 bits per heavy atom. The van der Waals surface area contributed by atoms with E-state index >= 15 is 0 Å². The summed E-state index contributed by atoms with van der Waals surface area (Å²) in [6, 6.07) is 22.7. The van der Waals surface area contributed by atoms with Crippen molar-refractivity contribution in [3.8, 4) is 11.5 Å². The predicted octanol–water partition coefficient (Wildman–Crippen LogP) is 5.14. The van der Waals surface area contributed by atoms with Crippen LogP contribution in [0, 0.1) is 0 Å². The van der Waals surface area contributed by atoms with Crippen LogP contribution >= 0.6 is 11.6 Å². The number of rotatable bonds is 10. The first-order chi connectivity index (χ1) is 16.2. The molecule has 0 bridgehead atoms. The molecular formula is C26H26ClN3O3. The highest BCUT2D eigenvalue weighted by molar-refractivity contribution is 6.33. The molecule has 0 saturated heterocycles.